The molecule has 0 heterocycles. The van der Waals surface area contributed by atoms with Gasteiger partial charge in [0.1, 0.15) is 0 Å². The van der Waals surface area contributed by atoms with Crippen molar-refractivity contribution in [2.45, 2.75) is 181 Å². The van der Waals surface area contributed by atoms with Crippen LogP contribution < -0.4 is 0 Å². The van der Waals surface area contributed by atoms with Crippen molar-refractivity contribution in [2.24, 2.45) is 0 Å². The molecule has 29 heavy (non-hydrogen) atoms. The Morgan fingerprint density at radius 1 is 0.345 bits per heavy atom. The van der Waals surface area contributed by atoms with E-state index in [1.807, 2.05) is 0 Å². The van der Waals surface area contributed by atoms with Crippen LogP contribution in [0.5, 0.6) is 0 Å². The number of ether oxygens (including phenoxy) is 1. The Kier molecular flexibility index (Phi) is 24.2. The van der Waals surface area contributed by atoms with Gasteiger partial charge in [0.05, 0.1) is 12.2 Å². The van der Waals surface area contributed by atoms with Crippen molar-refractivity contribution in [2.75, 3.05) is 0 Å². The molecule has 0 saturated carbocycles. The minimum Gasteiger partial charge on any atom is -0.375 e. The van der Waals surface area contributed by atoms with Crippen molar-refractivity contribution in [1.82, 2.24) is 0 Å². The van der Waals surface area contributed by atoms with Gasteiger partial charge in [-0.1, -0.05) is 143 Å². The molecule has 1 heteroatoms. The molecule has 0 aliphatic rings. The van der Waals surface area contributed by atoms with Crippen LogP contribution in [0.1, 0.15) is 169 Å². The van der Waals surface area contributed by atoms with E-state index in [1.165, 1.54) is 141 Å². The Balaban J connectivity index is 3.92. The highest BCUT2D eigenvalue weighted by Crippen LogP contribution is 2.21. The smallest absolute Gasteiger partial charge is 0.0578 e. The summed E-state index contributed by atoms with van der Waals surface area (Å²) in [4.78, 5) is 0. The second kappa shape index (κ2) is 24.2. The molecule has 0 aromatic heterocycles. The largest absolute Gasteiger partial charge is 0.375 e. The molecular formula is C28H58O. The summed E-state index contributed by atoms with van der Waals surface area (Å²) in [7, 11) is 0. The van der Waals surface area contributed by atoms with Crippen LogP contribution in [0, 0.1) is 0 Å². The number of hydrogen-bond donors (Lipinski definition) is 0. The third kappa shape index (κ3) is 21.0. The van der Waals surface area contributed by atoms with Crippen molar-refractivity contribution in [3.8, 4) is 0 Å². The van der Waals surface area contributed by atoms with Crippen molar-refractivity contribution in [1.29, 1.82) is 0 Å². The monoisotopic (exact) mass is 410 g/mol. The summed E-state index contributed by atoms with van der Waals surface area (Å²) in [5.41, 5.74) is 0. The lowest BCUT2D eigenvalue weighted by molar-refractivity contribution is -0.0308. The molecule has 0 radical (unpaired) electrons. The lowest BCUT2D eigenvalue weighted by Gasteiger charge is -2.25. The summed E-state index contributed by atoms with van der Waals surface area (Å²) < 4.78 is 6.65. The maximum atomic E-state index is 6.65. The van der Waals surface area contributed by atoms with Crippen LogP contribution in [0.4, 0.5) is 0 Å². The molecule has 0 amide bonds. The summed E-state index contributed by atoms with van der Waals surface area (Å²) in [5, 5.41) is 0. The third-order valence-corrected chi connectivity index (χ3v) is 6.37. The zero-order chi connectivity index (χ0) is 21.4. The van der Waals surface area contributed by atoms with E-state index in [9.17, 15) is 0 Å². The number of unbranched alkanes of at least 4 members (excludes halogenated alkanes) is 14. The van der Waals surface area contributed by atoms with E-state index in [0.29, 0.717) is 12.2 Å². The molecule has 0 fully saturated rings. The second-order valence-electron chi connectivity index (χ2n) is 9.48. The average Bonchev–Trinajstić information content (AvgIpc) is 2.72. The molecule has 0 aromatic rings. The van der Waals surface area contributed by atoms with E-state index in [4.69, 9.17) is 4.74 Å². The van der Waals surface area contributed by atoms with Gasteiger partial charge in [0.25, 0.3) is 0 Å². The highest BCUT2D eigenvalue weighted by Gasteiger charge is 2.15. The predicted octanol–water partition coefficient (Wildman–Crippen LogP) is 10.4. The van der Waals surface area contributed by atoms with Gasteiger partial charge in [-0.2, -0.15) is 0 Å². The van der Waals surface area contributed by atoms with Crippen LogP contribution >= 0.6 is 0 Å². The van der Waals surface area contributed by atoms with Crippen molar-refractivity contribution in [3.63, 3.8) is 0 Å². The molecule has 0 saturated heterocycles. The molecule has 0 aromatic carbocycles. The maximum Gasteiger partial charge on any atom is 0.0578 e. The summed E-state index contributed by atoms with van der Waals surface area (Å²) in [5.74, 6) is 0. The molecule has 176 valence electrons. The summed E-state index contributed by atoms with van der Waals surface area (Å²) in [6.45, 7) is 9.23. The lowest BCUT2D eigenvalue weighted by atomic mass is 10.0. The summed E-state index contributed by atoms with van der Waals surface area (Å²) >= 11 is 0. The Morgan fingerprint density at radius 2 is 0.655 bits per heavy atom. The second-order valence-corrected chi connectivity index (χ2v) is 9.48. The van der Waals surface area contributed by atoms with Crippen LogP contribution in [0.25, 0.3) is 0 Å². The molecule has 0 rings (SSSR count). The maximum absolute atomic E-state index is 6.65. The van der Waals surface area contributed by atoms with Crippen molar-refractivity contribution in [3.05, 3.63) is 0 Å². The highest BCUT2D eigenvalue weighted by molar-refractivity contribution is 4.65. The highest BCUT2D eigenvalue weighted by atomic mass is 16.5. The van der Waals surface area contributed by atoms with Gasteiger partial charge in [-0.3, -0.25) is 0 Å². The van der Waals surface area contributed by atoms with E-state index in [0.717, 1.165) is 0 Å². The molecule has 0 aliphatic carbocycles. The summed E-state index contributed by atoms with van der Waals surface area (Å²) in [6, 6.07) is 0. The lowest BCUT2D eigenvalue weighted by Crippen LogP contribution is -2.22. The van der Waals surface area contributed by atoms with E-state index < -0.39 is 0 Å². The van der Waals surface area contributed by atoms with Gasteiger partial charge in [0, 0.05) is 0 Å². The zero-order valence-corrected chi connectivity index (χ0v) is 21.1. The summed E-state index contributed by atoms with van der Waals surface area (Å²) in [6.07, 6.45) is 31.3. The first-order chi connectivity index (χ1) is 14.3. The first-order valence-corrected chi connectivity index (χ1v) is 13.9. The molecule has 2 atom stereocenters. The zero-order valence-electron chi connectivity index (χ0n) is 21.1. The van der Waals surface area contributed by atoms with E-state index in [-0.39, 0.29) is 0 Å². The minimum absolute atomic E-state index is 0.519. The van der Waals surface area contributed by atoms with Crippen LogP contribution in [0.15, 0.2) is 0 Å². The van der Waals surface area contributed by atoms with Gasteiger partial charge < -0.3 is 4.74 Å². The van der Waals surface area contributed by atoms with E-state index >= 15 is 0 Å². The van der Waals surface area contributed by atoms with Crippen LogP contribution in [-0.2, 0) is 4.74 Å². The SMILES string of the molecule is CCCCCCCCCCC(CCC)OC(CCC)CCCCCCCCCC. The van der Waals surface area contributed by atoms with Crippen LogP contribution in [0.2, 0.25) is 0 Å². The fraction of sp³-hybridized carbons (Fsp3) is 1.00. The van der Waals surface area contributed by atoms with Crippen molar-refractivity contribution < 1.29 is 4.74 Å². The minimum atomic E-state index is 0.519. The Bertz CT molecular complexity index is 260. The number of hydrogen-bond acceptors (Lipinski definition) is 1. The van der Waals surface area contributed by atoms with Gasteiger partial charge >= 0.3 is 0 Å². The van der Waals surface area contributed by atoms with Crippen LogP contribution in [0.3, 0.4) is 0 Å². The fourth-order valence-electron chi connectivity index (χ4n) is 4.49. The molecule has 2 unspecified atom stereocenters. The number of rotatable bonds is 24. The van der Waals surface area contributed by atoms with Gasteiger partial charge in [0.15, 0.2) is 0 Å². The van der Waals surface area contributed by atoms with E-state index in [2.05, 4.69) is 27.7 Å². The van der Waals surface area contributed by atoms with Crippen LogP contribution in [-0.4, -0.2) is 12.2 Å². The Hall–Kier alpha value is -0.0400. The molecule has 0 spiro atoms. The Morgan fingerprint density at radius 3 is 0.966 bits per heavy atom. The standard InChI is InChI=1S/C28H58O/c1-5-9-11-13-15-17-19-21-25-27(23-7-3)29-28(24-8-4)26-22-20-18-16-14-12-10-6-2/h27-28H,5-26H2,1-4H3. The molecule has 0 bridgehead atoms. The quantitative estimate of drug-likeness (QED) is 0.144. The molecule has 0 N–H and O–H groups in total. The van der Waals surface area contributed by atoms with Gasteiger partial charge in [-0.15, -0.1) is 0 Å². The molecule has 1 nitrogen and oxygen atoms in total. The molecular weight excluding hydrogens is 352 g/mol. The van der Waals surface area contributed by atoms with Crippen molar-refractivity contribution >= 4 is 0 Å². The topological polar surface area (TPSA) is 9.23 Å². The first kappa shape index (κ1) is 29.0. The predicted molar refractivity (Wildman–Crippen MR) is 133 cm³/mol. The third-order valence-electron chi connectivity index (χ3n) is 6.37. The van der Waals surface area contributed by atoms with E-state index in [1.54, 1.807) is 0 Å². The molecule has 0 aliphatic heterocycles. The van der Waals surface area contributed by atoms with Gasteiger partial charge in [-0.05, 0) is 25.7 Å². The normalized spacial score (nSPS) is 13.7. The fourth-order valence-corrected chi connectivity index (χ4v) is 4.49. The average molecular weight is 411 g/mol. The van der Waals surface area contributed by atoms with Gasteiger partial charge in [0.2, 0.25) is 0 Å². The Labute approximate surface area is 186 Å². The van der Waals surface area contributed by atoms with Gasteiger partial charge in [-0.25, -0.2) is 0 Å². The first-order valence-electron chi connectivity index (χ1n) is 13.9.